The van der Waals surface area contributed by atoms with Gasteiger partial charge in [-0.15, -0.1) is 0 Å². The van der Waals surface area contributed by atoms with Gasteiger partial charge in [-0.2, -0.15) is 0 Å². The van der Waals surface area contributed by atoms with Crippen molar-refractivity contribution in [1.82, 2.24) is 0 Å². The Kier molecular flexibility index (Phi) is 2.69. The van der Waals surface area contributed by atoms with Crippen molar-refractivity contribution in [3.8, 4) is 0 Å². The van der Waals surface area contributed by atoms with Crippen LogP contribution in [-0.2, 0) is 4.74 Å². The van der Waals surface area contributed by atoms with Crippen molar-refractivity contribution in [2.45, 2.75) is 51.6 Å². The van der Waals surface area contributed by atoms with Gasteiger partial charge in [0.1, 0.15) is 0 Å². The molecule has 0 radical (unpaired) electrons. The van der Waals surface area contributed by atoms with E-state index in [9.17, 15) is 0 Å². The van der Waals surface area contributed by atoms with Crippen molar-refractivity contribution in [2.24, 2.45) is 11.8 Å². The summed E-state index contributed by atoms with van der Waals surface area (Å²) in [6, 6.07) is 0. The van der Waals surface area contributed by atoms with Crippen molar-refractivity contribution >= 4 is 0 Å². The van der Waals surface area contributed by atoms with Crippen molar-refractivity contribution < 1.29 is 4.74 Å². The summed E-state index contributed by atoms with van der Waals surface area (Å²) in [6.07, 6.45) is 9.23. The second-order valence-electron chi connectivity index (χ2n) is 4.36. The lowest BCUT2D eigenvalue weighted by Gasteiger charge is -2.39. The summed E-state index contributed by atoms with van der Waals surface area (Å²) in [5, 5.41) is 0. The van der Waals surface area contributed by atoms with Crippen LogP contribution in [0.2, 0.25) is 0 Å². The molecule has 3 atom stereocenters. The maximum Gasteiger partial charge on any atom is 0.0603 e. The molecule has 2 aliphatic rings. The Morgan fingerprint density at radius 3 is 2.92 bits per heavy atom. The zero-order valence-corrected chi connectivity index (χ0v) is 8.09. The van der Waals surface area contributed by atoms with E-state index in [4.69, 9.17) is 4.74 Å². The van der Waals surface area contributed by atoms with Gasteiger partial charge >= 0.3 is 0 Å². The molecule has 70 valence electrons. The highest BCUT2D eigenvalue weighted by Gasteiger charge is 2.33. The number of fused-ring (bicyclic) bond motifs is 2. The quantitative estimate of drug-likeness (QED) is 0.616. The van der Waals surface area contributed by atoms with Gasteiger partial charge in [-0.3, -0.25) is 0 Å². The van der Waals surface area contributed by atoms with E-state index in [1.54, 1.807) is 0 Å². The second-order valence-corrected chi connectivity index (χ2v) is 4.36. The zero-order valence-electron chi connectivity index (χ0n) is 8.09. The molecule has 2 saturated carbocycles. The van der Waals surface area contributed by atoms with Crippen LogP contribution in [0, 0.1) is 11.8 Å². The topological polar surface area (TPSA) is 9.23 Å². The Labute approximate surface area is 75.5 Å². The summed E-state index contributed by atoms with van der Waals surface area (Å²) in [5.41, 5.74) is 0. The van der Waals surface area contributed by atoms with Crippen LogP contribution < -0.4 is 0 Å². The molecule has 0 heterocycles. The Hall–Kier alpha value is -0.0400. The van der Waals surface area contributed by atoms with E-state index >= 15 is 0 Å². The van der Waals surface area contributed by atoms with E-state index < -0.39 is 0 Å². The van der Waals surface area contributed by atoms with Crippen LogP contribution in [0.15, 0.2) is 0 Å². The molecule has 0 spiro atoms. The van der Waals surface area contributed by atoms with Gasteiger partial charge in [0.25, 0.3) is 0 Å². The number of rotatable bonds is 2. The molecule has 2 aliphatic carbocycles. The average Bonchev–Trinajstić information content (AvgIpc) is 2.11. The van der Waals surface area contributed by atoms with Gasteiger partial charge in [-0.05, 0) is 44.4 Å². The van der Waals surface area contributed by atoms with Crippen LogP contribution >= 0.6 is 0 Å². The summed E-state index contributed by atoms with van der Waals surface area (Å²) in [5.74, 6) is 1.97. The lowest BCUT2D eigenvalue weighted by Crippen LogP contribution is -2.34. The molecule has 2 fully saturated rings. The molecule has 0 amide bonds. The maximum atomic E-state index is 5.77. The molecule has 2 rings (SSSR count). The molecule has 0 aliphatic heterocycles. The van der Waals surface area contributed by atoms with Crippen LogP contribution in [0.1, 0.15) is 45.4 Å². The summed E-state index contributed by atoms with van der Waals surface area (Å²) in [7, 11) is 0. The van der Waals surface area contributed by atoms with Crippen LogP contribution in [0.5, 0.6) is 0 Å². The fraction of sp³-hybridized carbons (Fsp3) is 1.00. The van der Waals surface area contributed by atoms with Gasteiger partial charge in [0.05, 0.1) is 6.10 Å². The smallest absolute Gasteiger partial charge is 0.0603 e. The normalized spacial score (nSPS) is 41.2. The van der Waals surface area contributed by atoms with Crippen molar-refractivity contribution in [2.75, 3.05) is 6.61 Å². The minimum absolute atomic E-state index is 0.617. The Morgan fingerprint density at radius 1 is 1.17 bits per heavy atom. The molecular weight excluding hydrogens is 148 g/mol. The van der Waals surface area contributed by atoms with E-state index in [-0.39, 0.29) is 0 Å². The fourth-order valence-corrected chi connectivity index (χ4v) is 3.00. The van der Waals surface area contributed by atoms with Crippen molar-refractivity contribution in [1.29, 1.82) is 0 Å². The van der Waals surface area contributed by atoms with E-state index in [0.29, 0.717) is 6.10 Å². The first-order valence-electron chi connectivity index (χ1n) is 5.51. The van der Waals surface area contributed by atoms with Crippen LogP contribution in [0.3, 0.4) is 0 Å². The molecule has 12 heavy (non-hydrogen) atoms. The van der Waals surface area contributed by atoms with Gasteiger partial charge in [-0.25, -0.2) is 0 Å². The molecular formula is C11H20O. The Balaban J connectivity index is 1.90. The van der Waals surface area contributed by atoms with Crippen molar-refractivity contribution in [3.63, 3.8) is 0 Å². The minimum atomic E-state index is 0.617. The molecule has 1 nitrogen and oxygen atoms in total. The van der Waals surface area contributed by atoms with Crippen LogP contribution in [0.4, 0.5) is 0 Å². The minimum Gasteiger partial charge on any atom is -0.378 e. The number of hydrogen-bond acceptors (Lipinski definition) is 1. The zero-order chi connectivity index (χ0) is 8.39. The van der Waals surface area contributed by atoms with Gasteiger partial charge in [0, 0.05) is 6.61 Å². The summed E-state index contributed by atoms with van der Waals surface area (Å²) >= 11 is 0. The monoisotopic (exact) mass is 168 g/mol. The van der Waals surface area contributed by atoms with E-state index in [1.165, 1.54) is 38.5 Å². The highest BCUT2D eigenvalue weighted by Crippen LogP contribution is 2.40. The fourth-order valence-electron chi connectivity index (χ4n) is 3.00. The summed E-state index contributed by atoms with van der Waals surface area (Å²) < 4.78 is 5.77. The van der Waals surface area contributed by atoms with Gasteiger partial charge in [0.15, 0.2) is 0 Å². The molecule has 0 aromatic carbocycles. The summed E-state index contributed by atoms with van der Waals surface area (Å²) in [4.78, 5) is 0. The highest BCUT2D eigenvalue weighted by molar-refractivity contribution is 4.84. The predicted octanol–water partition coefficient (Wildman–Crippen LogP) is 2.99. The predicted molar refractivity (Wildman–Crippen MR) is 50.1 cm³/mol. The SMILES string of the molecule is CCOC1CCC2CCCC1C2. The molecule has 0 saturated heterocycles. The van der Waals surface area contributed by atoms with Crippen LogP contribution in [-0.4, -0.2) is 12.7 Å². The number of ether oxygens (including phenoxy) is 1. The van der Waals surface area contributed by atoms with Crippen LogP contribution in [0.25, 0.3) is 0 Å². The highest BCUT2D eigenvalue weighted by atomic mass is 16.5. The largest absolute Gasteiger partial charge is 0.378 e. The van der Waals surface area contributed by atoms with Crippen molar-refractivity contribution in [3.05, 3.63) is 0 Å². The Bertz CT molecular complexity index is 142. The molecule has 3 unspecified atom stereocenters. The number of hydrogen-bond donors (Lipinski definition) is 0. The van der Waals surface area contributed by atoms with E-state index in [0.717, 1.165) is 18.4 Å². The Morgan fingerprint density at radius 2 is 2.08 bits per heavy atom. The maximum absolute atomic E-state index is 5.77. The first-order chi connectivity index (χ1) is 5.90. The first kappa shape index (κ1) is 8.55. The second kappa shape index (κ2) is 3.78. The molecule has 2 bridgehead atoms. The third kappa shape index (κ3) is 1.66. The summed E-state index contributed by atoms with van der Waals surface area (Å²) in [6.45, 7) is 3.03. The molecule has 0 aromatic heterocycles. The van der Waals surface area contributed by atoms with Gasteiger partial charge in [-0.1, -0.05) is 12.8 Å². The molecule has 0 N–H and O–H groups in total. The lowest BCUT2D eigenvalue weighted by atomic mass is 9.71. The van der Waals surface area contributed by atoms with E-state index in [1.807, 2.05) is 0 Å². The third-order valence-electron chi connectivity index (χ3n) is 3.59. The standard InChI is InChI=1S/C11H20O/c1-2-12-11-7-6-9-4-3-5-10(11)8-9/h9-11H,2-8H2,1H3. The molecule has 0 aromatic rings. The molecule has 1 heteroatoms. The van der Waals surface area contributed by atoms with Gasteiger partial charge < -0.3 is 4.74 Å². The van der Waals surface area contributed by atoms with E-state index in [2.05, 4.69) is 6.92 Å². The first-order valence-corrected chi connectivity index (χ1v) is 5.51. The average molecular weight is 168 g/mol. The lowest BCUT2D eigenvalue weighted by molar-refractivity contribution is -0.0330. The third-order valence-corrected chi connectivity index (χ3v) is 3.59. The van der Waals surface area contributed by atoms with Gasteiger partial charge in [0.2, 0.25) is 0 Å².